The largest absolute Gasteiger partial charge is 0.439 e. The van der Waals surface area contributed by atoms with Gasteiger partial charge in [-0.3, -0.25) is 9.59 Å². The van der Waals surface area contributed by atoms with Gasteiger partial charge in [-0.15, -0.1) is 0 Å². The molecule has 1 saturated heterocycles. The fraction of sp³-hybridized carbons (Fsp3) is 0.333. The summed E-state index contributed by atoms with van der Waals surface area (Å²) in [6, 6.07) is 8.61. The van der Waals surface area contributed by atoms with Gasteiger partial charge in [0, 0.05) is 5.56 Å². The van der Waals surface area contributed by atoms with Crippen molar-refractivity contribution in [1.82, 2.24) is 15.4 Å². The molecule has 0 aliphatic carbocycles. The Labute approximate surface area is 150 Å². The summed E-state index contributed by atoms with van der Waals surface area (Å²) in [5, 5.41) is 6.72. The number of amides is 3. The molecule has 0 saturated carbocycles. The van der Waals surface area contributed by atoms with Crippen molar-refractivity contribution in [3.05, 3.63) is 52.9 Å². The second kappa shape index (κ2) is 7.38. The number of hydrogen-bond donors (Lipinski definition) is 1. The zero-order valence-electron chi connectivity index (χ0n) is 14.5. The normalized spacial score (nSPS) is 15.1. The minimum absolute atomic E-state index is 0.00895. The van der Waals surface area contributed by atoms with Gasteiger partial charge in [-0.2, -0.15) is 0 Å². The maximum absolute atomic E-state index is 12.5. The number of carbonyl (C=O) groups excluding carboxylic acids is 3. The van der Waals surface area contributed by atoms with Crippen molar-refractivity contribution in [2.24, 2.45) is 0 Å². The number of nitrogens with zero attached hydrogens (tertiary/aromatic N) is 2. The molecular formula is C18H19N3O5. The van der Waals surface area contributed by atoms with E-state index in [-0.39, 0.29) is 25.5 Å². The second-order valence-electron chi connectivity index (χ2n) is 6.07. The summed E-state index contributed by atoms with van der Waals surface area (Å²) in [5.41, 5.74) is 2.17. The molecule has 1 aromatic carbocycles. The number of imide groups is 1. The summed E-state index contributed by atoms with van der Waals surface area (Å²) in [7, 11) is 0. The topological polar surface area (TPSA) is 102 Å². The fourth-order valence-electron chi connectivity index (χ4n) is 2.82. The third-order valence-corrected chi connectivity index (χ3v) is 4.26. The van der Waals surface area contributed by atoms with E-state index in [2.05, 4.69) is 10.5 Å². The van der Waals surface area contributed by atoms with Crippen LogP contribution < -0.4 is 5.32 Å². The molecule has 2 aromatic rings. The summed E-state index contributed by atoms with van der Waals surface area (Å²) in [5.74, 6) is -0.0867. The molecule has 3 amide bonds. The molecule has 1 fully saturated rings. The quantitative estimate of drug-likeness (QED) is 0.844. The van der Waals surface area contributed by atoms with E-state index in [4.69, 9.17) is 9.26 Å². The average Bonchev–Trinajstić information content (AvgIpc) is 3.12. The van der Waals surface area contributed by atoms with Crippen LogP contribution in [0.4, 0.5) is 4.79 Å². The van der Waals surface area contributed by atoms with E-state index < -0.39 is 18.0 Å². The zero-order valence-corrected chi connectivity index (χ0v) is 14.5. The van der Waals surface area contributed by atoms with Gasteiger partial charge in [-0.05, 0) is 19.4 Å². The van der Waals surface area contributed by atoms with Gasteiger partial charge < -0.3 is 14.6 Å². The summed E-state index contributed by atoms with van der Waals surface area (Å²) in [6.07, 6.45) is -0.598. The lowest BCUT2D eigenvalue weighted by Crippen LogP contribution is -2.40. The van der Waals surface area contributed by atoms with E-state index in [1.165, 1.54) is 0 Å². The number of aromatic nitrogens is 1. The molecule has 8 heteroatoms. The standard InChI is InChI=1S/C18H19N3O5/c1-11-14(12(2)26-20-11)8-16(22)19-15(13-6-4-3-5-7-13)9-21-17(23)10-25-18(21)24/h3-7,15H,8-10H2,1-2H3,(H,19,22). The monoisotopic (exact) mass is 357 g/mol. The fourth-order valence-corrected chi connectivity index (χ4v) is 2.82. The van der Waals surface area contributed by atoms with Gasteiger partial charge in [0.25, 0.3) is 5.91 Å². The van der Waals surface area contributed by atoms with Gasteiger partial charge >= 0.3 is 6.09 Å². The smallest absolute Gasteiger partial charge is 0.417 e. The van der Waals surface area contributed by atoms with Gasteiger partial charge in [0.2, 0.25) is 5.91 Å². The Morgan fingerprint density at radius 1 is 1.27 bits per heavy atom. The molecule has 0 bridgehead atoms. The Morgan fingerprint density at radius 3 is 2.58 bits per heavy atom. The van der Waals surface area contributed by atoms with Gasteiger partial charge in [-0.25, -0.2) is 9.69 Å². The van der Waals surface area contributed by atoms with Crippen LogP contribution in [0.3, 0.4) is 0 Å². The van der Waals surface area contributed by atoms with Crippen molar-refractivity contribution in [3.8, 4) is 0 Å². The summed E-state index contributed by atoms with van der Waals surface area (Å²) in [6.45, 7) is 3.26. The molecule has 8 nitrogen and oxygen atoms in total. The number of benzene rings is 1. The predicted octanol–water partition coefficient (Wildman–Crippen LogP) is 1.67. The molecule has 0 spiro atoms. The lowest BCUT2D eigenvalue weighted by molar-refractivity contribution is -0.127. The third-order valence-electron chi connectivity index (χ3n) is 4.26. The second-order valence-corrected chi connectivity index (χ2v) is 6.07. The van der Waals surface area contributed by atoms with Crippen molar-refractivity contribution in [1.29, 1.82) is 0 Å². The number of ether oxygens (including phenoxy) is 1. The van der Waals surface area contributed by atoms with Gasteiger partial charge in [0.05, 0.1) is 24.7 Å². The van der Waals surface area contributed by atoms with Crippen molar-refractivity contribution < 1.29 is 23.6 Å². The van der Waals surface area contributed by atoms with Crippen LogP contribution in [0.25, 0.3) is 0 Å². The van der Waals surface area contributed by atoms with Crippen LogP contribution in [0.5, 0.6) is 0 Å². The molecule has 3 rings (SSSR count). The van der Waals surface area contributed by atoms with E-state index >= 15 is 0 Å². The molecule has 1 aliphatic rings. The average molecular weight is 357 g/mol. The summed E-state index contributed by atoms with van der Waals surface area (Å²) < 4.78 is 9.82. The van der Waals surface area contributed by atoms with Crippen molar-refractivity contribution in [2.75, 3.05) is 13.2 Å². The van der Waals surface area contributed by atoms with E-state index in [1.807, 2.05) is 30.3 Å². The number of hydrogen-bond acceptors (Lipinski definition) is 6. The molecule has 1 N–H and O–H groups in total. The van der Waals surface area contributed by atoms with Gasteiger partial charge in [-0.1, -0.05) is 35.5 Å². The highest BCUT2D eigenvalue weighted by Gasteiger charge is 2.33. The van der Waals surface area contributed by atoms with E-state index in [0.717, 1.165) is 16.0 Å². The maximum atomic E-state index is 12.5. The third kappa shape index (κ3) is 3.74. The maximum Gasteiger partial charge on any atom is 0.417 e. The Bertz CT molecular complexity index is 795. The van der Waals surface area contributed by atoms with Crippen LogP contribution in [0, 0.1) is 13.8 Å². The Hall–Kier alpha value is -3.16. The molecular weight excluding hydrogens is 338 g/mol. The molecule has 0 radical (unpaired) electrons. The zero-order chi connectivity index (χ0) is 18.7. The highest BCUT2D eigenvalue weighted by molar-refractivity contribution is 5.97. The lowest BCUT2D eigenvalue weighted by atomic mass is 10.0. The molecule has 1 atom stereocenters. The van der Waals surface area contributed by atoms with Crippen LogP contribution in [0.2, 0.25) is 0 Å². The number of aryl methyl sites for hydroxylation is 2. The molecule has 26 heavy (non-hydrogen) atoms. The highest BCUT2D eigenvalue weighted by atomic mass is 16.6. The van der Waals surface area contributed by atoms with Crippen LogP contribution in [0.1, 0.15) is 28.6 Å². The van der Waals surface area contributed by atoms with E-state index in [0.29, 0.717) is 11.5 Å². The van der Waals surface area contributed by atoms with Crippen LogP contribution in [-0.4, -0.2) is 41.1 Å². The van der Waals surface area contributed by atoms with Crippen molar-refractivity contribution >= 4 is 17.9 Å². The van der Waals surface area contributed by atoms with Gasteiger partial charge in [0.1, 0.15) is 5.76 Å². The summed E-state index contributed by atoms with van der Waals surface area (Å²) in [4.78, 5) is 37.1. The molecule has 2 heterocycles. The van der Waals surface area contributed by atoms with E-state index in [1.54, 1.807) is 13.8 Å². The molecule has 1 aromatic heterocycles. The first-order valence-corrected chi connectivity index (χ1v) is 8.19. The molecule has 136 valence electrons. The first kappa shape index (κ1) is 17.7. The lowest BCUT2D eigenvalue weighted by Gasteiger charge is -2.22. The van der Waals surface area contributed by atoms with Crippen LogP contribution in [-0.2, 0) is 20.7 Å². The van der Waals surface area contributed by atoms with Crippen LogP contribution >= 0.6 is 0 Å². The first-order valence-electron chi connectivity index (χ1n) is 8.19. The number of rotatable bonds is 6. The minimum atomic E-state index is -0.698. The Kier molecular flexibility index (Phi) is 5.01. The number of nitrogens with one attached hydrogen (secondary N) is 1. The number of carbonyl (C=O) groups is 3. The molecule has 1 unspecified atom stereocenters. The van der Waals surface area contributed by atoms with Crippen molar-refractivity contribution in [2.45, 2.75) is 26.3 Å². The predicted molar refractivity (Wildman–Crippen MR) is 90.1 cm³/mol. The first-order chi connectivity index (χ1) is 12.5. The number of cyclic esters (lactones) is 1. The SMILES string of the molecule is Cc1noc(C)c1CC(=O)NC(CN1C(=O)COC1=O)c1ccccc1. The van der Waals surface area contributed by atoms with Crippen molar-refractivity contribution in [3.63, 3.8) is 0 Å². The Balaban J connectivity index is 1.76. The summed E-state index contributed by atoms with van der Waals surface area (Å²) >= 11 is 0. The minimum Gasteiger partial charge on any atom is -0.439 e. The molecule has 1 aliphatic heterocycles. The van der Waals surface area contributed by atoms with Gasteiger partial charge in [0.15, 0.2) is 6.61 Å². The van der Waals surface area contributed by atoms with Crippen LogP contribution in [0.15, 0.2) is 34.9 Å². The highest BCUT2D eigenvalue weighted by Crippen LogP contribution is 2.19. The Morgan fingerprint density at radius 2 is 2.00 bits per heavy atom. The van der Waals surface area contributed by atoms with E-state index in [9.17, 15) is 14.4 Å².